The molecule has 0 bridgehead atoms. The third-order valence-electron chi connectivity index (χ3n) is 2.91. The van der Waals surface area contributed by atoms with Crippen molar-refractivity contribution in [1.82, 2.24) is 9.55 Å². The molecular weight excluding hydrogens is 282 g/mol. The number of aromatic nitrogens is 2. The maximum absolute atomic E-state index is 12.2. The van der Waals surface area contributed by atoms with E-state index >= 15 is 0 Å². The van der Waals surface area contributed by atoms with Crippen LogP contribution in [-0.4, -0.2) is 27.5 Å². The van der Waals surface area contributed by atoms with Crippen LogP contribution in [0, 0.1) is 0 Å². The monoisotopic (exact) mass is 301 g/mol. The van der Waals surface area contributed by atoms with Gasteiger partial charge in [-0.05, 0) is 20.3 Å². The largest absolute Gasteiger partial charge is 0.349 e. The zero-order chi connectivity index (χ0) is 13.1. The predicted molar refractivity (Wildman–Crippen MR) is 75.1 cm³/mol. The fraction of sp³-hybridized carbons (Fsp3) is 0.667. The average molecular weight is 302 g/mol. The molecule has 0 atom stereocenters. The fourth-order valence-corrected chi connectivity index (χ4v) is 1.84. The number of hydrogen-bond donors (Lipinski definition) is 0. The molecule has 0 aliphatic rings. The van der Waals surface area contributed by atoms with E-state index in [1.165, 1.54) is 0 Å². The zero-order valence-corrected chi connectivity index (χ0v) is 12.5. The van der Waals surface area contributed by atoms with Crippen LogP contribution in [0.15, 0.2) is 17.2 Å². The Labute approximate surface area is 111 Å². The Hall–Kier alpha value is -0.840. The van der Waals surface area contributed by atoms with Gasteiger partial charge in [0.1, 0.15) is 0 Å². The number of nitrogens with zero attached hydrogens (tertiary/aromatic N) is 3. The van der Waals surface area contributed by atoms with Gasteiger partial charge >= 0.3 is 0 Å². The Morgan fingerprint density at radius 3 is 2.71 bits per heavy atom. The van der Waals surface area contributed by atoms with Crippen LogP contribution in [-0.2, 0) is 6.54 Å². The third kappa shape index (κ3) is 3.09. The molecule has 0 N–H and O–H groups in total. The van der Waals surface area contributed by atoms with Gasteiger partial charge in [-0.15, -0.1) is 0 Å². The molecule has 0 aliphatic carbocycles. The van der Waals surface area contributed by atoms with E-state index in [-0.39, 0.29) is 11.1 Å². The molecule has 0 unspecified atom stereocenters. The maximum atomic E-state index is 12.2. The standard InChI is InChI=1S/C12H20BrN3O/c1-5-7-16-8-6-14-10(11(16)17)15(4)12(2,3)9-13/h6,8H,5,7,9H2,1-4H3. The minimum Gasteiger partial charge on any atom is -0.349 e. The van der Waals surface area contributed by atoms with Crippen molar-refractivity contribution in [2.75, 3.05) is 17.3 Å². The van der Waals surface area contributed by atoms with E-state index in [0.717, 1.165) is 18.3 Å². The van der Waals surface area contributed by atoms with E-state index in [1.54, 1.807) is 17.0 Å². The van der Waals surface area contributed by atoms with E-state index in [0.29, 0.717) is 5.82 Å². The molecule has 0 spiro atoms. The molecule has 5 heteroatoms. The molecule has 0 aromatic carbocycles. The van der Waals surface area contributed by atoms with Crippen LogP contribution in [0.4, 0.5) is 5.82 Å². The number of aryl methyl sites for hydroxylation is 1. The van der Waals surface area contributed by atoms with E-state index in [2.05, 4.69) is 41.7 Å². The second-order valence-electron chi connectivity index (χ2n) is 4.75. The molecule has 0 saturated carbocycles. The number of rotatable bonds is 5. The summed E-state index contributed by atoms with van der Waals surface area (Å²) in [6, 6.07) is 0. The van der Waals surface area contributed by atoms with Crippen LogP contribution in [0.3, 0.4) is 0 Å². The van der Waals surface area contributed by atoms with E-state index in [1.807, 2.05) is 11.9 Å². The van der Waals surface area contributed by atoms with Gasteiger partial charge in [0.2, 0.25) is 0 Å². The highest BCUT2D eigenvalue weighted by Gasteiger charge is 2.25. The van der Waals surface area contributed by atoms with E-state index < -0.39 is 0 Å². The lowest BCUT2D eigenvalue weighted by atomic mass is 10.1. The molecule has 17 heavy (non-hydrogen) atoms. The number of alkyl halides is 1. The van der Waals surface area contributed by atoms with Crippen LogP contribution in [0.2, 0.25) is 0 Å². The lowest BCUT2D eigenvalue weighted by Crippen LogP contribution is -2.46. The molecule has 1 rings (SSSR count). The molecule has 0 amide bonds. The van der Waals surface area contributed by atoms with Gasteiger partial charge in [0.05, 0.1) is 0 Å². The summed E-state index contributed by atoms with van der Waals surface area (Å²) in [7, 11) is 1.90. The van der Waals surface area contributed by atoms with Crippen LogP contribution in [0.5, 0.6) is 0 Å². The van der Waals surface area contributed by atoms with Crippen molar-refractivity contribution < 1.29 is 0 Å². The van der Waals surface area contributed by atoms with Gasteiger partial charge in [-0.25, -0.2) is 4.98 Å². The first-order valence-electron chi connectivity index (χ1n) is 5.79. The van der Waals surface area contributed by atoms with Crippen LogP contribution in [0.25, 0.3) is 0 Å². The van der Waals surface area contributed by atoms with Crippen molar-refractivity contribution in [3.05, 3.63) is 22.7 Å². The molecular formula is C12H20BrN3O. The summed E-state index contributed by atoms with van der Waals surface area (Å²) < 4.78 is 1.71. The lowest BCUT2D eigenvalue weighted by molar-refractivity contribution is 0.538. The highest BCUT2D eigenvalue weighted by Crippen LogP contribution is 2.18. The van der Waals surface area contributed by atoms with Gasteiger partial charge < -0.3 is 9.47 Å². The first-order chi connectivity index (χ1) is 7.94. The Morgan fingerprint density at radius 2 is 2.18 bits per heavy atom. The summed E-state index contributed by atoms with van der Waals surface area (Å²) in [4.78, 5) is 18.3. The van der Waals surface area contributed by atoms with Crippen molar-refractivity contribution in [3.63, 3.8) is 0 Å². The zero-order valence-electron chi connectivity index (χ0n) is 10.9. The average Bonchev–Trinajstić information content (AvgIpc) is 2.31. The molecule has 4 nitrogen and oxygen atoms in total. The summed E-state index contributed by atoms with van der Waals surface area (Å²) in [6.45, 7) is 6.93. The summed E-state index contributed by atoms with van der Waals surface area (Å²) in [5.41, 5.74) is -0.164. The Balaban J connectivity index is 3.15. The molecule has 0 saturated heterocycles. The molecule has 0 radical (unpaired) electrons. The fourth-order valence-electron chi connectivity index (χ4n) is 1.46. The van der Waals surface area contributed by atoms with Crippen molar-refractivity contribution in [3.8, 4) is 0 Å². The quantitative estimate of drug-likeness (QED) is 0.783. The van der Waals surface area contributed by atoms with Gasteiger partial charge in [0, 0.05) is 36.9 Å². The maximum Gasteiger partial charge on any atom is 0.293 e. The molecule has 1 aromatic rings. The Morgan fingerprint density at radius 1 is 1.53 bits per heavy atom. The minimum absolute atomic E-state index is 0.0223. The second kappa shape index (κ2) is 5.67. The summed E-state index contributed by atoms with van der Waals surface area (Å²) in [5.74, 6) is 0.505. The van der Waals surface area contributed by atoms with Gasteiger partial charge in [-0.2, -0.15) is 0 Å². The van der Waals surface area contributed by atoms with E-state index in [9.17, 15) is 4.79 Å². The van der Waals surface area contributed by atoms with Gasteiger partial charge in [-0.1, -0.05) is 22.9 Å². The molecule has 0 fully saturated rings. The Bertz CT molecular complexity index is 428. The summed E-state index contributed by atoms with van der Waals surface area (Å²) in [6.07, 6.45) is 4.37. The second-order valence-corrected chi connectivity index (χ2v) is 5.32. The molecule has 96 valence electrons. The number of anilines is 1. The molecule has 1 heterocycles. The van der Waals surface area contributed by atoms with Crippen LogP contribution >= 0.6 is 15.9 Å². The minimum atomic E-state index is -0.141. The van der Waals surface area contributed by atoms with Crippen molar-refractivity contribution >= 4 is 21.7 Å². The van der Waals surface area contributed by atoms with Crippen LogP contribution in [0.1, 0.15) is 27.2 Å². The van der Waals surface area contributed by atoms with Crippen molar-refractivity contribution in [1.29, 1.82) is 0 Å². The van der Waals surface area contributed by atoms with Crippen LogP contribution < -0.4 is 10.5 Å². The molecule has 0 aliphatic heterocycles. The molecule has 1 aromatic heterocycles. The number of halogens is 1. The predicted octanol–water partition coefficient (Wildman–Crippen LogP) is 2.26. The van der Waals surface area contributed by atoms with Gasteiger partial charge in [0.15, 0.2) is 5.82 Å². The van der Waals surface area contributed by atoms with Crippen molar-refractivity contribution in [2.24, 2.45) is 0 Å². The van der Waals surface area contributed by atoms with Crippen molar-refractivity contribution in [2.45, 2.75) is 39.3 Å². The topological polar surface area (TPSA) is 38.1 Å². The SMILES string of the molecule is CCCn1ccnc(N(C)C(C)(C)CBr)c1=O. The number of hydrogen-bond acceptors (Lipinski definition) is 3. The van der Waals surface area contributed by atoms with E-state index in [4.69, 9.17) is 0 Å². The highest BCUT2D eigenvalue weighted by atomic mass is 79.9. The summed E-state index contributed by atoms with van der Waals surface area (Å²) >= 11 is 3.46. The smallest absolute Gasteiger partial charge is 0.293 e. The summed E-state index contributed by atoms with van der Waals surface area (Å²) in [5, 5.41) is 0.778. The highest BCUT2D eigenvalue weighted by molar-refractivity contribution is 9.09. The first-order valence-corrected chi connectivity index (χ1v) is 6.91. The lowest BCUT2D eigenvalue weighted by Gasteiger charge is -2.34. The van der Waals surface area contributed by atoms with Gasteiger partial charge in [-0.3, -0.25) is 4.79 Å². The Kier molecular flexibility index (Phi) is 4.74. The first kappa shape index (κ1) is 14.2. The normalized spacial score (nSPS) is 11.6. The third-order valence-corrected chi connectivity index (χ3v) is 4.29. The van der Waals surface area contributed by atoms with Gasteiger partial charge in [0.25, 0.3) is 5.56 Å².